The number of thiocarbonyl (C=S) groups is 1. The molecule has 0 saturated heterocycles. The summed E-state index contributed by atoms with van der Waals surface area (Å²) < 4.78 is 5.21. The first-order valence-electron chi connectivity index (χ1n) is 10.4. The Hall–Kier alpha value is -3.60. The molecule has 3 aromatic rings. The third-order valence-corrected chi connectivity index (χ3v) is 6.44. The minimum Gasteiger partial charge on any atom is -0.462 e. The molecule has 1 aromatic heterocycles. The Labute approximate surface area is 214 Å². The van der Waals surface area contributed by atoms with Gasteiger partial charge < -0.3 is 15.4 Å². The van der Waals surface area contributed by atoms with E-state index in [0.29, 0.717) is 15.6 Å². The fraction of sp³-hybridized carbons (Fsp3) is 0.125. The van der Waals surface area contributed by atoms with Crippen LogP contribution in [0.15, 0.2) is 53.9 Å². The molecule has 0 fully saturated rings. The van der Waals surface area contributed by atoms with E-state index in [9.17, 15) is 19.2 Å². The van der Waals surface area contributed by atoms with E-state index in [1.165, 1.54) is 23.5 Å². The van der Waals surface area contributed by atoms with Crippen LogP contribution in [0, 0.1) is 0 Å². The molecule has 11 heteroatoms. The molecule has 0 atom stereocenters. The molecule has 2 heterocycles. The molecule has 1 aliphatic heterocycles. The zero-order chi connectivity index (χ0) is 25.1. The molecule has 1 aliphatic rings. The normalized spacial score (nSPS) is 12.3. The van der Waals surface area contributed by atoms with Gasteiger partial charge in [-0.2, -0.15) is 0 Å². The number of carbonyl (C=O) groups excluding carboxylic acids is 4. The van der Waals surface area contributed by atoms with Crippen LogP contribution in [0.1, 0.15) is 38.0 Å². The van der Waals surface area contributed by atoms with Gasteiger partial charge in [0.15, 0.2) is 5.11 Å². The van der Waals surface area contributed by atoms with Crippen LogP contribution in [0.4, 0.5) is 5.00 Å². The van der Waals surface area contributed by atoms with Gasteiger partial charge in [-0.3, -0.25) is 19.3 Å². The van der Waals surface area contributed by atoms with E-state index in [-0.39, 0.29) is 28.4 Å². The Balaban J connectivity index is 1.47. The Kier molecular flexibility index (Phi) is 7.25. The van der Waals surface area contributed by atoms with Crippen LogP contribution in [0.5, 0.6) is 0 Å². The standard InChI is InChI=1S/C24H18ClN3O5S2/c1-2-33-23(32)19-17(13-7-9-14(25)10-8-13)12-35-20(19)27-24(34)26-18(29)11-28-21(30)15-5-3-4-6-16(15)22(28)31/h3-10,12H,2,11H2,1H3,(H2,26,27,29,34). The number of anilines is 1. The fourth-order valence-electron chi connectivity index (χ4n) is 3.52. The van der Waals surface area contributed by atoms with Gasteiger partial charge in [0.1, 0.15) is 17.1 Å². The highest BCUT2D eigenvalue weighted by molar-refractivity contribution is 7.80. The number of ether oxygens (including phenoxy) is 1. The smallest absolute Gasteiger partial charge is 0.341 e. The van der Waals surface area contributed by atoms with Gasteiger partial charge in [-0.05, 0) is 49.0 Å². The second-order valence-corrected chi connectivity index (χ2v) is 9.05. The number of rotatable bonds is 6. The number of nitrogens with zero attached hydrogens (tertiary/aromatic N) is 1. The summed E-state index contributed by atoms with van der Waals surface area (Å²) >= 11 is 12.4. The zero-order valence-corrected chi connectivity index (χ0v) is 20.7. The molecule has 4 rings (SSSR count). The quantitative estimate of drug-likeness (QED) is 0.279. The van der Waals surface area contributed by atoms with Gasteiger partial charge in [0.05, 0.1) is 17.7 Å². The van der Waals surface area contributed by atoms with Gasteiger partial charge in [0.2, 0.25) is 5.91 Å². The lowest BCUT2D eigenvalue weighted by Crippen LogP contribution is -2.43. The van der Waals surface area contributed by atoms with Crippen LogP contribution < -0.4 is 10.6 Å². The second kappa shape index (κ2) is 10.3. The number of thiophene rings is 1. The number of nitrogens with one attached hydrogen (secondary N) is 2. The molecule has 0 aliphatic carbocycles. The maximum Gasteiger partial charge on any atom is 0.341 e. The van der Waals surface area contributed by atoms with Crippen molar-refractivity contribution >= 4 is 69.0 Å². The maximum atomic E-state index is 12.7. The summed E-state index contributed by atoms with van der Waals surface area (Å²) in [7, 11) is 0. The van der Waals surface area contributed by atoms with Gasteiger partial charge in [0.25, 0.3) is 11.8 Å². The number of benzene rings is 2. The number of hydrogen-bond donors (Lipinski definition) is 2. The van der Waals surface area contributed by atoms with E-state index in [1.807, 2.05) is 0 Å². The molecule has 0 spiro atoms. The number of amides is 3. The number of carbonyl (C=O) groups is 4. The van der Waals surface area contributed by atoms with Crippen LogP contribution in [0.3, 0.4) is 0 Å². The minimum absolute atomic E-state index is 0.0957. The third-order valence-electron chi connectivity index (χ3n) is 5.09. The number of hydrogen-bond acceptors (Lipinski definition) is 7. The molecule has 0 bridgehead atoms. The average Bonchev–Trinajstić information content (AvgIpc) is 3.34. The van der Waals surface area contributed by atoms with Crippen molar-refractivity contribution in [3.05, 3.63) is 75.6 Å². The van der Waals surface area contributed by atoms with Crippen molar-refractivity contribution in [1.82, 2.24) is 10.2 Å². The largest absolute Gasteiger partial charge is 0.462 e. The first-order chi connectivity index (χ1) is 16.8. The summed E-state index contributed by atoms with van der Waals surface area (Å²) in [6.45, 7) is 1.37. The van der Waals surface area contributed by atoms with Crippen LogP contribution in [0.25, 0.3) is 11.1 Å². The van der Waals surface area contributed by atoms with Crippen molar-refractivity contribution in [2.75, 3.05) is 18.5 Å². The predicted octanol–water partition coefficient (Wildman–Crippen LogP) is 4.35. The van der Waals surface area contributed by atoms with Crippen LogP contribution in [-0.4, -0.2) is 46.9 Å². The first-order valence-corrected chi connectivity index (χ1v) is 12.1. The summed E-state index contributed by atoms with van der Waals surface area (Å²) in [5.74, 6) is -2.31. The van der Waals surface area contributed by atoms with Crippen molar-refractivity contribution in [3.63, 3.8) is 0 Å². The van der Waals surface area contributed by atoms with Gasteiger partial charge in [-0.25, -0.2) is 4.79 Å². The van der Waals surface area contributed by atoms with Gasteiger partial charge >= 0.3 is 5.97 Å². The van der Waals surface area contributed by atoms with Crippen LogP contribution in [0.2, 0.25) is 5.02 Å². The number of esters is 1. The topological polar surface area (TPSA) is 105 Å². The van der Waals surface area contributed by atoms with E-state index >= 15 is 0 Å². The Morgan fingerprint density at radius 2 is 1.66 bits per heavy atom. The van der Waals surface area contributed by atoms with E-state index in [2.05, 4.69) is 10.6 Å². The van der Waals surface area contributed by atoms with Gasteiger partial charge in [0, 0.05) is 16.0 Å². The van der Waals surface area contributed by atoms with Crippen molar-refractivity contribution in [2.24, 2.45) is 0 Å². The van der Waals surface area contributed by atoms with Crippen LogP contribution >= 0.6 is 35.2 Å². The van der Waals surface area contributed by atoms with Gasteiger partial charge in [-0.15, -0.1) is 11.3 Å². The number of imide groups is 1. The van der Waals surface area contributed by atoms with Crippen molar-refractivity contribution in [2.45, 2.75) is 6.92 Å². The van der Waals surface area contributed by atoms with Crippen molar-refractivity contribution in [3.8, 4) is 11.1 Å². The lowest BCUT2D eigenvalue weighted by molar-refractivity contribution is -0.120. The summed E-state index contributed by atoms with van der Waals surface area (Å²) in [5, 5.41) is 7.90. The molecule has 2 aromatic carbocycles. The molecular formula is C24H18ClN3O5S2. The summed E-state index contributed by atoms with van der Waals surface area (Å²) in [6.07, 6.45) is 0. The predicted molar refractivity (Wildman–Crippen MR) is 137 cm³/mol. The molecule has 0 radical (unpaired) electrons. The van der Waals surface area contributed by atoms with E-state index in [0.717, 1.165) is 10.5 Å². The summed E-state index contributed by atoms with van der Waals surface area (Å²) in [6, 6.07) is 13.3. The number of halogens is 1. The lowest BCUT2D eigenvalue weighted by Gasteiger charge is -2.15. The highest BCUT2D eigenvalue weighted by Gasteiger charge is 2.36. The molecule has 35 heavy (non-hydrogen) atoms. The van der Waals surface area contributed by atoms with E-state index < -0.39 is 30.2 Å². The van der Waals surface area contributed by atoms with E-state index in [4.69, 9.17) is 28.6 Å². The molecular weight excluding hydrogens is 510 g/mol. The molecule has 0 unspecified atom stereocenters. The maximum absolute atomic E-state index is 12.7. The SMILES string of the molecule is CCOC(=O)c1c(-c2ccc(Cl)cc2)csc1NC(=S)NC(=O)CN1C(=O)c2ccccc2C1=O. The fourth-order valence-corrected chi connectivity index (χ4v) is 4.89. The summed E-state index contributed by atoms with van der Waals surface area (Å²) in [5.41, 5.74) is 2.13. The third kappa shape index (κ3) is 5.09. The van der Waals surface area contributed by atoms with Crippen molar-refractivity contribution in [1.29, 1.82) is 0 Å². The first kappa shape index (κ1) is 24.5. The van der Waals surface area contributed by atoms with Gasteiger partial charge in [-0.1, -0.05) is 35.9 Å². The van der Waals surface area contributed by atoms with E-state index in [1.54, 1.807) is 48.7 Å². The molecule has 2 N–H and O–H groups in total. The molecule has 3 amide bonds. The highest BCUT2D eigenvalue weighted by Crippen LogP contribution is 2.36. The average molecular weight is 528 g/mol. The Morgan fingerprint density at radius 1 is 1.03 bits per heavy atom. The molecule has 178 valence electrons. The highest BCUT2D eigenvalue weighted by atomic mass is 35.5. The minimum atomic E-state index is -0.663. The Morgan fingerprint density at radius 3 is 2.26 bits per heavy atom. The Bertz CT molecular complexity index is 1320. The second-order valence-electron chi connectivity index (χ2n) is 7.33. The molecule has 8 nitrogen and oxygen atoms in total. The zero-order valence-electron chi connectivity index (χ0n) is 18.3. The number of fused-ring (bicyclic) bond motifs is 1. The lowest BCUT2D eigenvalue weighted by atomic mass is 10.0. The molecule has 0 saturated carbocycles. The summed E-state index contributed by atoms with van der Waals surface area (Å²) in [4.78, 5) is 51.1. The monoisotopic (exact) mass is 527 g/mol. The van der Waals surface area contributed by atoms with Crippen LogP contribution in [-0.2, 0) is 9.53 Å². The van der Waals surface area contributed by atoms with Crippen molar-refractivity contribution < 1.29 is 23.9 Å².